The van der Waals surface area contributed by atoms with Gasteiger partial charge in [-0.1, -0.05) is 19.3 Å². The van der Waals surface area contributed by atoms with E-state index in [1.54, 1.807) is 0 Å². The SMILES string of the molecule is NC1=NC(CCCCCC(=O)O)CCCC1. The Hall–Kier alpha value is -1.06. The van der Waals surface area contributed by atoms with E-state index in [4.69, 9.17) is 10.8 Å². The molecule has 0 aromatic rings. The molecule has 0 radical (unpaired) electrons. The standard InChI is InChI=1S/C12H22N2O2/c13-11-8-5-4-7-10(14-11)6-2-1-3-9-12(15)16/h10H,1-9H2,(H2,13,14)(H,15,16). The zero-order chi connectivity index (χ0) is 11.8. The van der Waals surface area contributed by atoms with Crippen molar-refractivity contribution in [2.45, 2.75) is 63.8 Å². The third-order valence-electron chi connectivity index (χ3n) is 3.00. The lowest BCUT2D eigenvalue weighted by Gasteiger charge is -2.09. The van der Waals surface area contributed by atoms with Crippen molar-refractivity contribution in [2.24, 2.45) is 10.7 Å². The van der Waals surface area contributed by atoms with Gasteiger partial charge >= 0.3 is 5.97 Å². The maximum absolute atomic E-state index is 10.3. The summed E-state index contributed by atoms with van der Waals surface area (Å²) in [6.07, 6.45) is 8.62. The molecular formula is C12H22N2O2. The van der Waals surface area contributed by atoms with Gasteiger partial charge in [0.25, 0.3) is 0 Å². The summed E-state index contributed by atoms with van der Waals surface area (Å²) in [4.78, 5) is 14.8. The van der Waals surface area contributed by atoms with Crippen molar-refractivity contribution >= 4 is 11.8 Å². The highest BCUT2D eigenvalue weighted by molar-refractivity contribution is 5.80. The van der Waals surface area contributed by atoms with Gasteiger partial charge in [0.05, 0.1) is 11.9 Å². The molecule has 1 atom stereocenters. The van der Waals surface area contributed by atoms with Crippen molar-refractivity contribution in [3.8, 4) is 0 Å². The quantitative estimate of drug-likeness (QED) is 0.682. The molecule has 1 aliphatic rings. The molecule has 4 nitrogen and oxygen atoms in total. The molecule has 3 N–H and O–H groups in total. The van der Waals surface area contributed by atoms with Gasteiger partial charge in [-0.05, 0) is 25.7 Å². The summed E-state index contributed by atoms with van der Waals surface area (Å²) >= 11 is 0. The van der Waals surface area contributed by atoms with E-state index >= 15 is 0 Å². The number of hydrogen-bond acceptors (Lipinski definition) is 3. The first kappa shape index (κ1) is 13.0. The minimum Gasteiger partial charge on any atom is -0.481 e. The largest absolute Gasteiger partial charge is 0.481 e. The van der Waals surface area contributed by atoms with Gasteiger partial charge in [-0.25, -0.2) is 0 Å². The smallest absolute Gasteiger partial charge is 0.303 e. The fraction of sp³-hybridized carbons (Fsp3) is 0.833. The van der Waals surface area contributed by atoms with E-state index in [1.807, 2.05) is 0 Å². The van der Waals surface area contributed by atoms with Crippen LogP contribution >= 0.6 is 0 Å². The number of aliphatic imine (C=N–C) groups is 1. The molecular weight excluding hydrogens is 204 g/mol. The lowest BCUT2D eigenvalue weighted by atomic mass is 10.0. The Balaban J connectivity index is 2.11. The number of aliphatic carboxylic acids is 1. The first-order valence-electron chi connectivity index (χ1n) is 6.22. The number of nitrogens with two attached hydrogens (primary N) is 1. The van der Waals surface area contributed by atoms with E-state index in [-0.39, 0.29) is 6.42 Å². The average Bonchev–Trinajstić information content (AvgIpc) is 2.42. The minimum atomic E-state index is -0.697. The predicted octanol–water partition coefficient (Wildman–Crippen LogP) is 2.32. The van der Waals surface area contributed by atoms with Gasteiger partial charge in [-0.3, -0.25) is 9.79 Å². The zero-order valence-electron chi connectivity index (χ0n) is 9.82. The average molecular weight is 226 g/mol. The summed E-state index contributed by atoms with van der Waals surface area (Å²) in [6.45, 7) is 0. The van der Waals surface area contributed by atoms with Crippen LogP contribution in [-0.4, -0.2) is 23.0 Å². The molecule has 0 aromatic carbocycles. The van der Waals surface area contributed by atoms with Crippen molar-refractivity contribution < 1.29 is 9.90 Å². The van der Waals surface area contributed by atoms with Crippen molar-refractivity contribution in [1.29, 1.82) is 0 Å². The van der Waals surface area contributed by atoms with Crippen LogP contribution in [0.1, 0.15) is 57.8 Å². The number of carbonyl (C=O) groups is 1. The Morgan fingerprint density at radius 1 is 1.38 bits per heavy atom. The molecule has 1 unspecified atom stereocenters. The van der Waals surface area contributed by atoms with Gasteiger partial charge in [0.2, 0.25) is 0 Å². The van der Waals surface area contributed by atoms with Crippen LogP contribution in [0.5, 0.6) is 0 Å². The molecule has 1 heterocycles. The molecule has 1 rings (SSSR count). The van der Waals surface area contributed by atoms with Gasteiger partial charge < -0.3 is 10.8 Å². The molecule has 0 bridgehead atoms. The van der Waals surface area contributed by atoms with E-state index in [0.717, 1.165) is 50.8 Å². The second-order valence-corrected chi connectivity index (χ2v) is 4.51. The number of hydrogen-bond donors (Lipinski definition) is 2. The summed E-state index contributed by atoms with van der Waals surface area (Å²) in [5, 5.41) is 8.50. The predicted molar refractivity (Wildman–Crippen MR) is 64.6 cm³/mol. The zero-order valence-corrected chi connectivity index (χ0v) is 9.82. The van der Waals surface area contributed by atoms with Crippen LogP contribution in [0, 0.1) is 0 Å². The van der Waals surface area contributed by atoms with Crippen LogP contribution in [0.2, 0.25) is 0 Å². The van der Waals surface area contributed by atoms with Gasteiger partial charge in [0.1, 0.15) is 0 Å². The van der Waals surface area contributed by atoms with E-state index in [9.17, 15) is 4.79 Å². The first-order chi connectivity index (χ1) is 7.68. The molecule has 92 valence electrons. The van der Waals surface area contributed by atoms with Crippen LogP contribution in [0.25, 0.3) is 0 Å². The van der Waals surface area contributed by atoms with Gasteiger partial charge in [0.15, 0.2) is 0 Å². The highest BCUT2D eigenvalue weighted by atomic mass is 16.4. The number of amidine groups is 1. The third-order valence-corrected chi connectivity index (χ3v) is 3.00. The second-order valence-electron chi connectivity index (χ2n) is 4.51. The van der Waals surface area contributed by atoms with Crippen LogP contribution < -0.4 is 5.73 Å². The molecule has 0 saturated heterocycles. The number of nitrogens with zero attached hydrogens (tertiary/aromatic N) is 1. The molecule has 16 heavy (non-hydrogen) atoms. The highest BCUT2D eigenvalue weighted by Crippen LogP contribution is 2.17. The lowest BCUT2D eigenvalue weighted by Crippen LogP contribution is -2.13. The van der Waals surface area contributed by atoms with Crippen molar-refractivity contribution in [2.75, 3.05) is 0 Å². The molecule has 0 amide bonds. The summed E-state index contributed by atoms with van der Waals surface area (Å²) in [6, 6.07) is 0.382. The Morgan fingerprint density at radius 2 is 2.19 bits per heavy atom. The van der Waals surface area contributed by atoms with Crippen LogP contribution in [0.4, 0.5) is 0 Å². The van der Waals surface area contributed by atoms with Crippen molar-refractivity contribution in [1.82, 2.24) is 0 Å². The van der Waals surface area contributed by atoms with E-state index in [1.165, 1.54) is 6.42 Å². The van der Waals surface area contributed by atoms with Crippen LogP contribution in [-0.2, 0) is 4.79 Å². The molecule has 0 spiro atoms. The maximum atomic E-state index is 10.3. The van der Waals surface area contributed by atoms with Gasteiger partial charge in [-0.2, -0.15) is 0 Å². The Labute approximate surface area is 96.9 Å². The molecule has 0 fully saturated rings. The number of unbranched alkanes of at least 4 members (excludes halogenated alkanes) is 2. The van der Waals surface area contributed by atoms with Gasteiger partial charge in [0, 0.05) is 12.8 Å². The van der Waals surface area contributed by atoms with Crippen LogP contribution in [0.15, 0.2) is 4.99 Å². The summed E-state index contributed by atoms with van der Waals surface area (Å²) < 4.78 is 0. The fourth-order valence-corrected chi connectivity index (χ4v) is 2.09. The van der Waals surface area contributed by atoms with E-state index in [2.05, 4.69) is 4.99 Å². The normalized spacial score (nSPS) is 21.2. The maximum Gasteiger partial charge on any atom is 0.303 e. The fourth-order valence-electron chi connectivity index (χ4n) is 2.09. The third kappa shape index (κ3) is 5.73. The minimum absolute atomic E-state index is 0.288. The van der Waals surface area contributed by atoms with Crippen molar-refractivity contribution in [3.63, 3.8) is 0 Å². The van der Waals surface area contributed by atoms with E-state index in [0.29, 0.717) is 6.04 Å². The Kier molecular flexibility index (Phi) is 5.90. The van der Waals surface area contributed by atoms with Crippen LogP contribution in [0.3, 0.4) is 0 Å². The first-order valence-corrected chi connectivity index (χ1v) is 6.22. The summed E-state index contributed by atoms with van der Waals surface area (Å²) in [5.41, 5.74) is 5.77. The molecule has 0 saturated carbocycles. The summed E-state index contributed by atoms with van der Waals surface area (Å²) in [7, 11) is 0. The number of carboxylic acid groups (broad SMARTS) is 1. The van der Waals surface area contributed by atoms with Crippen molar-refractivity contribution in [3.05, 3.63) is 0 Å². The lowest BCUT2D eigenvalue weighted by molar-refractivity contribution is -0.137. The molecule has 4 heteroatoms. The highest BCUT2D eigenvalue weighted by Gasteiger charge is 2.11. The Bertz CT molecular complexity index is 251. The topological polar surface area (TPSA) is 75.7 Å². The Morgan fingerprint density at radius 3 is 2.94 bits per heavy atom. The molecule has 0 aromatic heterocycles. The monoisotopic (exact) mass is 226 g/mol. The number of rotatable bonds is 6. The second kappa shape index (κ2) is 7.25. The van der Waals surface area contributed by atoms with Gasteiger partial charge in [-0.15, -0.1) is 0 Å². The number of carboxylic acids is 1. The van der Waals surface area contributed by atoms with E-state index < -0.39 is 5.97 Å². The summed E-state index contributed by atoms with van der Waals surface area (Å²) in [5.74, 6) is 0.102. The molecule has 0 aliphatic carbocycles. The molecule has 1 aliphatic heterocycles.